The summed E-state index contributed by atoms with van der Waals surface area (Å²) in [6.07, 6.45) is 56.6. The molecule has 0 spiro atoms. The second-order valence-corrected chi connectivity index (χ2v) is 15.8. The van der Waals surface area contributed by atoms with Crippen molar-refractivity contribution in [2.45, 2.75) is 251 Å². The first-order chi connectivity index (χ1) is 26.6. The van der Waals surface area contributed by atoms with Gasteiger partial charge in [-0.25, -0.2) is 0 Å². The third kappa shape index (κ3) is 42.9. The topological polar surface area (TPSA) is 72.8 Å². The van der Waals surface area contributed by atoms with Crippen LogP contribution in [0.4, 0.5) is 0 Å². The number of carbonyl (C=O) groups excluding carboxylic acids is 2. The molecule has 0 amide bonds. The van der Waals surface area contributed by atoms with E-state index in [9.17, 15) is 14.7 Å². The van der Waals surface area contributed by atoms with Crippen LogP contribution in [0.3, 0.4) is 0 Å². The van der Waals surface area contributed by atoms with Gasteiger partial charge in [0.15, 0.2) is 6.10 Å². The van der Waals surface area contributed by atoms with E-state index < -0.39 is 6.10 Å². The number of ether oxygens (including phenoxy) is 2. The van der Waals surface area contributed by atoms with Crippen LogP contribution in [0.1, 0.15) is 245 Å². The maximum absolute atomic E-state index is 12.2. The molecule has 0 aliphatic heterocycles. The van der Waals surface area contributed by atoms with Crippen LogP contribution in [0.15, 0.2) is 36.5 Å². The molecule has 0 aliphatic carbocycles. The molecule has 0 fully saturated rings. The Hall–Kier alpha value is -1.88. The maximum atomic E-state index is 12.2. The quantitative estimate of drug-likeness (QED) is 0.0381. The molecular formula is C49H90O5. The van der Waals surface area contributed by atoms with Crippen molar-refractivity contribution in [3.05, 3.63) is 36.5 Å². The fourth-order valence-electron chi connectivity index (χ4n) is 6.82. The van der Waals surface area contributed by atoms with Crippen molar-refractivity contribution in [3.8, 4) is 0 Å². The molecule has 0 bridgehead atoms. The lowest BCUT2D eigenvalue weighted by Gasteiger charge is -2.15. The lowest BCUT2D eigenvalue weighted by molar-refractivity contribution is -0.161. The average molecular weight is 759 g/mol. The molecule has 1 atom stereocenters. The van der Waals surface area contributed by atoms with Crippen molar-refractivity contribution < 1.29 is 24.2 Å². The Morgan fingerprint density at radius 1 is 0.426 bits per heavy atom. The first-order valence-corrected chi connectivity index (χ1v) is 23.5. The molecule has 0 radical (unpaired) electrons. The second kappa shape index (κ2) is 45.5. The van der Waals surface area contributed by atoms with Gasteiger partial charge in [0.25, 0.3) is 0 Å². The number of aliphatic hydroxyl groups is 1. The zero-order valence-corrected chi connectivity index (χ0v) is 36.0. The Bertz CT molecular complexity index is 862. The Labute approximate surface area is 336 Å². The van der Waals surface area contributed by atoms with Crippen molar-refractivity contribution in [2.24, 2.45) is 0 Å². The first-order valence-electron chi connectivity index (χ1n) is 23.5. The van der Waals surface area contributed by atoms with Gasteiger partial charge in [0.2, 0.25) is 0 Å². The Kier molecular flexibility index (Phi) is 43.9. The summed E-state index contributed by atoms with van der Waals surface area (Å²) in [6.45, 7) is 4.11. The molecule has 5 nitrogen and oxygen atoms in total. The van der Waals surface area contributed by atoms with Crippen LogP contribution in [-0.4, -0.2) is 36.4 Å². The zero-order valence-electron chi connectivity index (χ0n) is 36.0. The van der Waals surface area contributed by atoms with E-state index in [4.69, 9.17) is 9.47 Å². The van der Waals surface area contributed by atoms with Gasteiger partial charge in [-0.15, -0.1) is 0 Å². The fourth-order valence-corrected chi connectivity index (χ4v) is 6.82. The molecule has 5 heteroatoms. The summed E-state index contributed by atoms with van der Waals surface area (Å²) in [7, 11) is 0. The van der Waals surface area contributed by atoms with E-state index in [1.54, 1.807) is 0 Å². The van der Waals surface area contributed by atoms with E-state index in [1.165, 1.54) is 167 Å². The molecule has 0 heterocycles. The zero-order chi connectivity index (χ0) is 39.3. The number of allylic oxidation sites excluding steroid dienone is 6. The lowest BCUT2D eigenvalue weighted by Crippen LogP contribution is -2.28. The minimum atomic E-state index is -0.789. The van der Waals surface area contributed by atoms with Gasteiger partial charge in [0.1, 0.15) is 6.61 Å². The number of rotatable bonds is 43. The van der Waals surface area contributed by atoms with Crippen molar-refractivity contribution in [3.63, 3.8) is 0 Å². The largest absolute Gasteiger partial charge is 0.462 e. The maximum Gasteiger partial charge on any atom is 0.306 e. The Morgan fingerprint density at radius 3 is 1.20 bits per heavy atom. The third-order valence-electron chi connectivity index (χ3n) is 10.4. The van der Waals surface area contributed by atoms with Crippen LogP contribution in [0.25, 0.3) is 0 Å². The van der Waals surface area contributed by atoms with Gasteiger partial charge in [0.05, 0.1) is 6.61 Å². The lowest BCUT2D eigenvalue weighted by atomic mass is 10.0. The number of hydrogen-bond acceptors (Lipinski definition) is 5. The molecule has 54 heavy (non-hydrogen) atoms. The molecule has 1 N–H and O–H groups in total. The van der Waals surface area contributed by atoms with Gasteiger partial charge in [-0.05, 0) is 64.2 Å². The molecule has 0 aliphatic rings. The molecular weight excluding hydrogens is 669 g/mol. The Balaban J connectivity index is 3.52. The third-order valence-corrected chi connectivity index (χ3v) is 10.4. The van der Waals surface area contributed by atoms with Crippen molar-refractivity contribution in [1.29, 1.82) is 0 Å². The molecule has 0 rings (SSSR count). The highest BCUT2D eigenvalue weighted by molar-refractivity contribution is 5.70. The number of hydrogen-bond donors (Lipinski definition) is 1. The number of carbonyl (C=O) groups is 2. The second-order valence-electron chi connectivity index (χ2n) is 15.8. The van der Waals surface area contributed by atoms with Crippen LogP contribution in [0, 0.1) is 0 Å². The van der Waals surface area contributed by atoms with Gasteiger partial charge in [0, 0.05) is 12.8 Å². The van der Waals surface area contributed by atoms with Crippen molar-refractivity contribution in [2.75, 3.05) is 13.2 Å². The number of unbranched alkanes of at least 4 members (excludes halogenated alkanes) is 29. The van der Waals surface area contributed by atoms with E-state index in [0.29, 0.717) is 12.8 Å². The predicted octanol–water partition coefficient (Wildman–Crippen LogP) is 15.2. The summed E-state index contributed by atoms with van der Waals surface area (Å²) in [5.74, 6) is -0.629. The van der Waals surface area contributed by atoms with E-state index in [1.807, 2.05) is 0 Å². The minimum absolute atomic E-state index is 0.0793. The van der Waals surface area contributed by atoms with E-state index >= 15 is 0 Å². The van der Waals surface area contributed by atoms with Crippen LogP contribution >= 0.6 is 0 Å². The fraction of sp³-hybridized carbons (Fsp3) is 0.837. The Morgan fingerprint density at radius 2 is 0.759 bits per heavy atom. The monoisotopic (exact) mass is 759 g/mol. The minimum Gasteiger partial charge on any atom is -0.462 e. The highest BCUT2D eigenvalue weighted by atomic mass is 16.6. The number of esters is 2. The van der Waals surface area contributed by atoms with Gasteiger partial charge >= 0.3 is 11.9 Å². The summed E-state index contributed by atoms with van der Waals surface area (Å²) >= 11 is 0. The molecule has 0 aromatic carbocycles. The van der Waals surface area contributed by atoms with Crippen LogP contribution in [0.5, 0.6) is 0 Å². The van der Waals surface area contributed by atoms with Crippen LogP contribution < -0.4 is 0 Å². The van der Waals surface area contributed by atoms with E-state index in [0.717, 1.165) is 51.4 Å². The predicted molar refractivity (Wildman–Crippen MR) is 233 cm³/mol. The van der Waals surface area contributed by atoms with Crippen LogP contribution in [0.2, 0.25) is 0 Å². The molecule has 0 saturated heterocycles. The normalized spacial score (nSPS) is 12.4. The van der Waals surface area contributed by atoms with E-state index in [2.05, 4.69) is 50.3 Å². The summed E-state index contributed by atoms with van der Waals surface area (Å²) in [5, 5.41) is 9.59. The van der Waals surface area contributed by atoms with Crippen molar-refractivity contribution >= 4 is 11.9 Å². The number of aliphatic hydroxyl groups excluding tert-OH is 1. The van der Waals surface area contributed by atoms with Gasteiger partial charge in [-0.1, -0.05) is 204 Å². The molecule has 0 aromatic rings. The summed E-state index contributed by atoms with van der Waals surface area (Å²) in [4.78, 5) is 24.3. The molecule has 0 saturated carbocycles. The highest BCUT2D eigenvalue weighted by Gasteiger charge is 2.16. The summed E-state index contributed by atoms with van der Waals surface area (Å²) < 4.78 is 10.6. The van der Waals surface area contributed by atoms with E-state index in [-0.39, 0.29) is 25.2 Å². The van der Waals surface area contributed by atoms with Gasteiger partial charge in [-0.3, -0.25) is 9.59 Å². The standard InChI is InChI=1S/C49H90O5/c1-3-5-7-9-11-13-15-17-19-21-22-23-24-25-26-28-30-32-34-36-38-40-42-44-49(52)54-47(45-50)46-53-48(51)43-41-39-37-35-33-31-29-27-20-18-16-14-12-10-8-6-4-2/h12,14,18,20,36,38,47,50H,3-11,13,15-17,19,21-35,37,39-46H2,1-2H3/b14-12+,20-18+,38-36+/t47-/m0/s1. The van der Waals surface area contributed by atoms with Gasteiger partial charge < -0.3 is 14.6 Å². The smallest absolute Gasteiger partial charge is 0.306 e. The summed E-state index contributed by atoms with van der Waals surface area (Å²) in [5.41, 5.74) is 0. The molecule has 0 unspecified atom stereocenters. The molecule has 316 valence electrons. The average Bonchev–Trinajstić information content (AvgIpc) is 3.17. The summed E-state index contributed by atoms with van der Waals surface area (Å²) in [6, 6.07) is 0. The first kappa shape index (κ1) is 52.1. The highest BCUT2D eigenvalue weighted by Crippen LogP contribution is 2.15. The SMILES string of the molecule is CCCCC/C=C/C/C=C/CCCCCCCCCC(=O)OC[C@H](CO)OC(=O)CCC/C=C/CCCCCCCCCCCCCCCCCCCC. The molecule has 0 aromatic heterocycles. The van der Waals surface area contributed by atoms with Crippen LogP contribution in [-0.2, 0) is 19.1 Å². The van der Waals surface area contributed by atoms with Crippen molar-refractivity contribution in [1.82, 2.24) is 0 Å². The van der Waals surface area contributed by atoms with Gasteiger partial charge in [-0.2, -0.15) is 0 Å².